The van der Waals surface area contributed by atoms with Gasteiger partial charge in [0.2, 0.25) is 10.0 Å². The number of nitrogens with one attached hydrogen (secondary N) is 2. The average Bonchev–Trinajstić information content (AvgIpc) is 3.06. The molecule has 11 nitrogen and oxygen atoms in total. The highest BCUT2D eigenvalue weighted by atomic mass is 35.5. The van der Waals surface area contributed by atoms with Crippen molar-refractivity contribution in [2.45, 2.75) is 63.2 Å². The molecule has 3 N–H and O–H groups in total. The molecule has 0 bridgehead atoms. The van der Waals surface area contributed by atoms with Gasteiger partial charge >= 0.3 is 6.03 Å². The van der Waals surface area contributed by atoms with Crippen molar-refractivity contribution < 1.29 is 32.6 Å². The van der Waals surface area contributed by atoms with Gasteiger partial charge in [-0.15, -0.1) is 0 Å². The standard InChI is InChI=1S/C35H45ClN4O7S/c1-24-21-40(25(2)23-41)34(42)31-20-29(38-35(43)37-28-11-6-5-7-12-28)15-18-32(31)47-26(3)10-8-9-19-46-33(24)22-39(4)48(44,45)30-16-13-27(36)14-17-30/h5-7,11-18,20,24-26,33,41H,8-10,19,21-23H2,1-4H3,(H2,37,38,43)/t24-,25+,26+,33+/m0/s1. The molecule has 48 heavy (non-hydrogen) atoms. The number of rotatable bonds is 8. The third kappa shape index (κ3) is 9.93. The van der Waals surface area contributed by atoms with Gasteiger partial charge in [-0.25, -0.2) is 13.2 Å². The van der Waals surface area contributed by atoms with Gasteiger partial charge in [0.05, 0.1) is 35.3 Å². The normalized spacial score (nSPS) is 20.3. The van der Waals surface area contributed by atoms with E-state index >= 15 is 0 Å². The Hall–Kier alpha value is -3.68. The molecule has 0 saturated heterocycles. The minimum atomic E-state index is -3.85. The Morgan fingerprint density at radius 1 is 1.04 bits per heavy atom. The Balaban J connectivity index is 1.62. The molecule has 13 heteroatoms. The van der Waals surface area contributed by atoms with Crippen LogP contribution in [0, 0.1) is 5.92 Å². The molecule has 4 rings (SSSR count). The summed E-state index contributed by atoms with van der Waals surface area (Å²) in [6.07, 6.45) is 1.42. The second kappa shape index (κ2) is 17.1. The van der Waals surface area contributed by atoms with Gasteiger partial charge in [-0.3, -0.25) is 4.79 Å². The van der Waals surface area contributed by atoms with E-state index in [-0.39, 0.29) is 42.2 Å². The highest BCUT2D eigenvalue weighted by Gasteiger charge is 2.32. The number of carbonyl (C=O) groups excluding carboxylic acids is 2. The van der Waals surface area contributed by atoms with Crippen molar-refractivity contribution in [2.24, 2.45) is 5.92 Å². The van der Waals surface area contributed by atoms with Crippen LogP contribution < -0.4 is 15.4 Å². The van der Waals surface area contributed by atoms with Crippen molar-refractivity contribution in [2.75, 3.05) is 44.0 Å². The fraction of sp³-hybridized carbons (Fsp3) is 0.429. The number of carbonyl (C=O) groups is 2. The zero-order valence-corrected chi connectivity index (χ0v) is 29.3. The van der Waals surface area contributed by atoms with Gasteiger partial charge in [-0.1, -0.05) is 36.7 Å². The number of hydrogen-bond donors (Lipinski definition) is 3. The molecule has 260 valence electrons. The number of nitrogens with zero attached hydrogens (tertiary/aromatic N) is 2. The van der Waals surface area contributed by atoms with E-state index in [0.717, 1.165) is 12.8 Å². The van der Waals surface area contributed by atoms with Gasteiger partial charge in [-0.05, 0) is 87.7 Å². The van der Waals surface area contributed by atoms with E-state index in [9.17, 15) is 23.1 Å². The maximum atomic E-state index is 14.3. The molecule has 3 aromatic rings. The Bertz CT molecular complexity index is 1630. The van der Waals surface area contributed by atoms with E-state index < -0.39 is 34.1 Å². The number of anilines is 2. The Kier molecular flexibility index (Phi) is 13.2. The van der Waals surface area contributed by atoms with Gasteiger partial charge in [0.1, 0.15) is 5.75 Å². The Labute approximate surface area is 288 Å². The first-order valence-electron chi connectivity index (χ1n) is 16.1. The van der Waals surface area contributed by atoms with Crippen molar-refractivity contribution in [3.05, 3.63) is 83.4 Å². The highest BCUT2D eigenvalue weighted by Crippen LogP contribution is 2.29. The summed E-state index contributed by atoms with van der Waals surface area (Å²) >= 11 is 5.98. The first-order valence-corrected chi connectivity index (χ1v) is 17.9. The van der Waals surface area contributed by atoms with E-state index in [0.29, 0.717) is 35.2 Å². The smallest absolute Gasteiger partial charge is 0.323 e. The number of amides is 3. The second-order valence-electron chi connectivity index (χ2n) is 12.2. The third-order valence-electron chi connectivity index (χ3n) is 8.30. The van der Waals surface area contributed by atoms with Crippen LogP contribution in [0.25, 0.3) is 0 Å². The summed E-state index contributed by atoms with van der Waals surface area (Å²) in [7, 11) is -2.35. The molecule has 0 aliphatic carbocycles. The first-order chi connectivity index (χ1) is 22.9. The van der Waals surface area contributed by atoms with Crippen LogP contribution in [0.5, 0.6) is 5.75 Å². The molecule has 0 aromatic heterocycles. The summed E-state index contributed by atoms with van der Waals surface area (Å²) in [5, 5.41) is 16.2. The summed E-state index contributed by atoms with van der Waals surface area (Å²) in [4.78, 5) is 28.8. The zero-order chi connectivity index (χ0) is 34.8. The number of para-hydroxylation sites is 1. The average molecular weight is 701 g/mol. The molecule has 4 atom stereocenters. The molecule has 0 saturated carbocycles. The molecule has 3 amide bonds. The molecule has 3 aromatic carbocycles. The van der Waals surface area contributed by atoms with Crippen LogP contribution >= 0.6 is 11.6 Å². The number of aliphatic hydroxyl groups excluding tert-OH is 1. The maximum Gasteiger partial charge on any atom is 0.323 e. The fourth-order valence-corrected chi connectivity index (χ4v) is 6.72. The van der Waals surface area contributed by atoms with Crippen LogP contribution in [-0.2, 0) is 14.8 Å². The number of likely N-dealkylation sites (N-methyl/N-ethyl adjacent to an activating group) is 1. The van der Waals surface area contributed by atoms with Crippen LogP contribution in [0.15, 0.2) is 77.7 Å². The largest absolute Gasteiger partial charge is 0.490 e. The second-order valence-corrected chi connectivity index (χ2v) is 14.7. The van der Waals surface area contributed by atoms with Crippen molar-refractivity contribution in [1.29, 1.82) is 0 Å². The molecule has 1 aliphatic rings. The number of hydrogen-bond acceptors (Lipinski definition) is 7. The monoisotopic (exact) mass is 700 g/mol. The third-order valence-corrected chi connectivity index (χ3v) is 10.4. The number of fused-ring (bicyclic) bond motifs is 1. The predicted molar refractivity (Wildman–Crippen MR) is 187 cm³/mol. The molecule has 0 fully saturated rings. The SMILES string of the molecule is C[C@@H]1CCCCO[C@H](CN(C)S(=O)(=O)c2ccc(Cl)cc2)[C@@H](C)CN([C@H](C)CO)C(=O)c2cc(NC(=O)Nc3ccccc3)ccc2O1. The molecular weight excluding hydrogens is 656 g/mol. The Morgan fingerprint density at radius 3 is 2.42 bits per heavy atom. The van der Waals surface area contributed by atoms with Gasteiger partial charge in [0.25, 0.3) is 5.91 Å². The summed E-state index contributed by atoms with van der Waals surface area (Å²) in [5.74, 6) is -0.381. The van der Waals surface area contributed by atoms with Crippen LogP contribution in [-0.4, -0.2) is 86.3 Å². The molecule has 1 aliphatic heterocycles. The number of benzene rings is 3. The number of halogens is 1. The number of sulfonamides is 1. The van der Waals surface area contributed by atoms with Crippen molar-refractivity contribution in [3.63, 3.8) is 0 Å². The van der Waals surface area contributed by atoms with E-state index in [4.69, 9.17) is 21.1 Å². The van der Waals surface area contributed by atoms with Crippen molar-refractivity contribution in [1.82, 2.24) is 9.21 Å². The van der Waals surface area contributed by atoms with E-state index in [2.05, 4.69) is 10.6 Å². The van der Waals surface area contributed by atoms with Crippen LogP contribution in [0.4, 0.5) is 16.2 Å². The quantitative estimate of drug-likeness (QED) is 0.258. The number of ether oxygens (including phenoxy) is 2. The molecule has 0 unspecified atom stereocenters. The Morgan fingerprint density at radius 2 is 1.73 bits per heavy atom. The highest BCUT2D eigenvalue weighted by molar-refractivity contribution is 7.89. The van der Waals surface area contributed by atoms with E-state index in [1.54, 1.807) is 42.2 Å². The summed E-state index contributed by atoms with van der Waals surface area (Å²) < 4.78 is 40.7. The molecular formula is C35H45ClN4O7S. The minimum Gasteiger partial charge on any atom is -0.490 e. The lowest BCUT2D eigenvalue weighted by Crippen LogP contribution is -2.48. The van der Waals surface area contributed by atoms with Crippen molar-refractivity contribution >= 4 is 44.9 Å². The molecule has 0 spiro atoms. The van der Waals surface area contributed by atoms with Crippen LogP contribution in [0.3, 0.4) is 0 Å². The lowest BCUT2D eigenvalue weighted by Gasteiger charge is -2.35. The van der Waals surface area contributed by atoms with E-state index in [1.807, 2.05) is 32.0 Å². The summed E-state index contributed by atoms with van der Waals surface area (Å²) in [6, 6.07) is 18.8. The van der Waals surface area contributed by atoms with E-state index in [1.165, 1.54) is 35.6 Å². The number of urea groups is 1. The number of aliphatic hydroxyl groups is 1. The van der Waals surface area contributed by atoms with Gasteiger partial charge in [0.15, 0.2) is 0 Å². The molecule has 0 radical (unpaired) electrons. The van der Waals surface area contributed by atoms with Gasteiger partial charge < -0.3 is 30.1 Å². The van der Waals surface area contributed by atoms with Crippen LogP contribution in [0.2, 0.25) is 5.02 Å². The van der Waals surface area contributed by atoms with Crippen LogP contribution in [0.1, 0.15) is 50.4 Å². The lowest BCUT2D eigenvalue weighted by molar-refractivity contribution is -0.00833. The van der Waals surface area contributed by atoms with Gasteiger partial charge in [-0.2, -0.15) is 4.31 Å². The topological polar surface area (TPSA) is 138 Å². The fourth-order valence-electron chi connectivity index (χ4n) is 5.42. The predicted octanol–water partition coefficient (Wildman–Crippen LogP) is 6.10. The first kappa shape index (κ1) is 37.1. The zero-order valence-electron chi connectivity index (χ0n) is 27.8. The summed E-state index contributed by atoms with van der Waals surface area (Å²) in [6.45, 7) is 5.85. The maximum absolute atomic E-state index is 14.3. The molecule has 1 heterocycles. The lowest BCUT2D eigenvalue weighted by atomic mass is 10.0. The minimum absolute atomic E-state index is 0.0440. The van der Waals surface area contributed by atoms with Gasteiger partial charge in [0, 0.05) is 49.1 Å². The summed E-state index contributed by atoms with van der Waals surface area (Å²) in [5.41, 5.74) is 1.22. The van der Waals surface area contributed by atoms with Crippen molar-refractivity contribution in [3.8, 4) is 5.75 Å².